The molecule has 5 nitrogen and oxygen atoms in total. The maximum Gasteiger partial charge on any atom is 0.248 e. The molecule has 1 aromatic heterocycles. The molecule has 1 aliphatic heterocycles. The lowest BCUT2D eigenvalue weighted by atomic mass is 10.2. The molecule has 0 spiro atoms. The molecule has 1 amide bonds. The summed E-state index contributed by atoms with van der Waals surface area (Å²) in [6.07, 6.45) is 3.04. The zero-order chi connectivity index (χ0) is 15.5. The van der Waals surface area contributed by atoms with Gasteiger partial charge in [-0.3, -0.25) is 4.79 Å². The molecule has 2 heterocycles. The molecule has 0 unspecified atom stereocenters. The summed E-state index contributed by atoms with van der Waals surface area (Å²) in [7, 11) is 0. The maximum absolute atomic E-state index is 12.0. The van der Waals surface area contributed by atoms with Gasteiger partial charge in [0.1, 0.15) is 24.7 Å². The van der Waals surface area contributed by atoms with E-state index in [1.165, 1.54) is 6.08 Å². The number of carbonyl (C=O) groups excluding carboxylic acids is 1. The van der Waals surface area contributed by atoms with Crippen LogP contribution in [-0.2, 0) is 4.79 Å². The van der Waals surface area contributed by atoms with Crippen molar-refractivity contribution in [2.24, 2.45) is 0 Å². The molecule has 0 saturated heterocycles. The summed E-state index contributed by atoms with van der Waals surface area (Å²) in [5.41, 5.74) is 0.620. The number of anilines is 1. The number of halogens is 1. The Bertz CT molecular complexity index is 736. The van der Waals surface area contributed by atoms with Crippen molar-refractivity contribution in [1.29, 1.82) is 0 Å². The van der Waals surface area contributed by atoms with Gasteiger partial charge < -0.3 is 19.2 Å². The molecule has 1 aromatic carbocycles. The Labute approximate surface area is 136 Å². The fourth-order valence-electron chi connectivity index (χ4n) is 2.03. The average molecular weight is 364 g/mol. The summed E-state index contributed by atoms with van der Waals surface area (Å²) in [6.45, 7) is 2.87. The number of hydrogen-bond donors (Lipinski definition) is 1. The molecular weight excluding hydrogens is 350 g/mol. The van der Waals surface area contributed by atoms with E-state index in [0.29, 0.717) is 36.2 Å². The summed E-state index contributed by atoms with van der Waals surface area (Å²) in [4.78, 5) is 12.0. The van der Waals surface area contributed by atoms with Crippen LogP contribution < -0.4 is 14.8 Å². The van der Waals surface area contributed by atoms with E-state index in [-0.39, 0.29) is 5.91 Å². The molecule has 0 radical (unpaired) electrons. The second-order valence-electron chi connectivity index (χ2n) is 4.75. The molecule has 0 fully saturated rings. The Balaban J connectivity index is 1.72. The Kier molecular flexibility index (Phi) is 4.20. The summed E-state index contributed by atoms with van der Waals surface area (Å²) < 4.78 is 17.1. The largest absolute Gasteiger partial charge is 0.486 e. The molecule has 0 atom stereocenters. The lowest BCUT2D eigenvalue weighted by molar-refractivity contribution is -0.111. The van der Waals surface area contributed by atoms with Crippen molar-refractivity contribution in [3.8, 4) is 11.5 Å². The van der Waals surface area contributed by atoms with Crippen molar-refractivity contribution in [3.05, 3.63) is 46.3 Å². The summed E-state index contributed by atoms with van der Waals surface area (Å²) in [6, 6.07) is 7.17. The lowest BCUT2D eigenvalue weighted by Crippen LogP contribution is -2.16. The third kappa shape index (κ3) is 3.33. The topological polar surface area (TPSA) is 60.7 Å². The Hall–Kier alpha value is -2.21. The normalized spacial score (nSPS) is 13.4. The predicted molar refractivity (Wildman–Crippen MR) is 86.2 cm³/mol. The minimum atomic E-state index is -0.258. The van der Waals surface area contributed by atoms with E-state index >= 15 is 0 Å². The zero-order valence-corrected chi connectivity index (χ0v) is 13.5. The molecule has 114 valence electrons. The monoisotopic (exact) mass is 363 g/mol. The van der Waals surface area contributed by atoms with Crippen molar-refractivity contribution in [3.63, 3.8) is 0 Å². The zero-order valence-electron chi connectivity index (χ0n) is 11.9. The third-order valence-corrected chi connectivity index (χ3v) is 3.71. The van der Waals surface area contributed by atoms with Gasteiger partial charge in [-0.25, -0.2) is 0 Å². The van der Waals surface area contributed by atoms with Crippen LogP contribution in [0.1, 0.15) is 11.5 Å². The van der Waals surface area contributed by atoms with Crippen LogP contribution in [0, 0.1) is 6.92 Å². The van der Waals surface area contributed by atoms with Gasteiger partial charge in [0.05, 0.1) is 5.69 Å². The Morgan fingerprint density at radius 3 is 2.64 bits per heavy atom. The van der Waals surface area contributed by atoms with Gasteiger partial charge in [-0.2, -0.15) is 0 Å². The van der Waals surface area contributed by atoms with Gasteiger partial charge in [0.25, 0.3) is 0 Å². The lowest BCUT2D eigenvalue weighted by Gasteiger charge is -2.19. The van der Waals surface area contributed by atoms with E-state index in [1.807, 2.05) is 13.0 Å². The van der Waals surface area contributed by atoms with Crippen LogP contribution in [0.4, 0.5) is 5.69 Å². The van der Waals surface area contributed by atoms with Gasteiger partial charge in [0, 0.05) is 22.7 Å². The number of rotatable bonds is 3. The minimum absolute atomic E-state index is 0.258. The van der Waals surface area contributed by atoms with Crippen LogP contribution in [-0.4, -0.2) is 19.1 Å². The molecule has 1 N–H and O–H groups in total. The van der Waals surface area contributed by atoms with E-state index in [0.717, 1.165) is 10.2 Å². The van der Waals surface area contributed by atoms with Gasteiger partial charge in [0.15, 0.2) is 11.5 Å². The van der Waals surface area contributed by atoms with Crippen molar-refractivity contribution in [2.45, 2.75) is 6.92 Å². The number of aryl methyl sites for hydroxylation is 1. The summed E-state index contributed by atoms with van der Waals surface area (Å²) >= 11 is 3.41. The fourth-order valence-corrected chi connectivity index (χ4v) is 2.46. The second-order valence-corrected chi connectivity index (χ2v) is 5.60. The van der Waals surface area contributed by atoms with Gasteiger partial charge in [0.2, 0.25) is 5.91 Å². The highest BCUT2D eigenvalue weighted by molar-refractivity contribution is 9.10. The summed E-state index contributed by atoms with van der Waals surface area (Å²) in [5, 5.41) is 2.79. The molecule has 22 heavy (non-hydrogen) atoms. The average Bonchev–Trinajstić information content (AvgIpc) is 2.91. The Morgan fingerprint density at radius 2 is 1.95 bits per heavy atom. The van der Waals surface area contributed by atoms with Gasteiger partial charge in [-0.15, -0.1) is 0 Å². The first-order valence-corrected chi connectivity index (χ1v) is 7.56. The van der Waals surface area contributed by atoms with Gasteiger partial charge in [-0.05, 0) is 41.1 Å². The number of hydrogen-bond acceptors (Lipinski definition) is 4. The van der Waals surface area contributed by atoms with Crippen molar-refractivity contribution in [1.82, 2.24) is 0 Å². The number of fused-ring (bicyclic) bond motifs is 1. The quantitative estimate of drug-likeness (QED) is 0.843. The molecule has 0 aliphatic carbocycles. The van der Waals surface area contributed by atoms with Crippen molar-refractivity contribution >= 4 is 33.6 Å². The molecule has 0 saturated carbocycles. The van der Waals surface area contributed by atoms with Gasteiger partial charge in [-0.1, -0.05) is 0 Å². The third-order valence-electron chi connectivity index (χ3n) is 3.05. The number of amides is 1. The second kappa shape index (κ2) is 6.27. The van der Waals surface area contributed by atoms with Gasteiger partial charge >= 0.3 is 0 Å². The van der Waals surface area contributed by atoms with Crippen LogP contribution in [0.15, 0.2) is 39.2 Å². The van der Waals surface area contributed by atoms with Crippen molar-refractivity contribution in [2.75, 3.05) is 18.5 Å². The number of ether oxygens (including phenoxy) is 2. The Morgan fingerprint density at radius 1 is 1.23 bits per heavy atom. The van der Waals surface area contributed by atoms with E-state index in [2.05, 4.69) is 21.2 Å². The van der Waals surface area contributed by atoms with Crippen LogP contribution in [0.5, 0.6) is 11.5 Å². The number of carbonyl (C=O) groups is 1. The molecule has 6 heteroatoms. The number of benzene rings is 1. The first kappa shape index (κ1) is 14.7. The number of furan rings is 1. The first-order chi connectivity index (χ1) is 10.6. The highest BCUT2D eigenvalue weighted by Gasteiger charge is 2.15. The standard InChI is InChI=1S/C16H14BrNO4/c1-10-2-3-11(22-10)4-5-16(19)18-13-9-15-14(8-12(13)17)20-6-7-21-15/h2-5,8-9H,6-7H2,1H3,(H,18,19)/b5-4+. The molecular formula is C16H14BrNO4. The molecule has 2 aromatic rings. The fraction of sp³-hybridized carbons (Fsp3) is 0.188. The SMILES string of the molecule is Cc1ccc(/C=C/C(=O)Nc2cc3c(cc2Br)OCCO3)o1. The van der Waals surface area contributed by atoms with Crippen LogP contribution >= 0.6 is 15.9 Å². The van der Waals surface area contributed by atoms with Crippen LogP contribution in [0.25, 0.3) is 6.08 Å². The van der Waals surface area contributed by atoms with Crippen molar-refractivity contribution < 1.29 is 18.7 Å². The first-order valence-electron chi connectivity index (χ1n) is 6.76. The minimum Gasteiger partial charge on any atom is -0.486 e. The summed E-state index contributed by atoms with van der Waals surface area (Å²) in [5.74, 6) is 2.46. The van der Waals surface area contributed by atoms with E-state index in [9.17, 15) is 4.79 Å². The molecule has 3 rings (SSSR count). The predicted octanol–water partition coefficient (Wildman–Crippen LogP) is 3.77. The maximum atomic E-state index is 12.0. The van der Waals surface area contributed by atoms with Crippen LogP contribution in [0.3, 0.4) is 0 Å². The van der Waals surface area contributed by atoms with Crippen LogP contribution in [0.2, 0.25) is 0 Å². The molecule has 0 bridgehead atoms. The van der Waals surface area contributed by atoms with E-state index in [4.69, 9.17) is 13.9 Å². The van der Waals surface area contributed by atoms with E-state index < -0.39 is 0 Å². The molecule has 1 aliphatic rings. The van der Waals surface area contributed by atoms with E-state index in [1.54, 1.807) is 24.3 Å². The number of nitrogens with one attached hydrogen (secondary N) is 1. The smallest absolute Gasteiger partial charge is 0.248 e. The highest BCUT2D eigenvalue weighted by atomic mass is 79.9. The highest BCUT2D eigenvalue weighted by Crippen LogP contribution is 2.38.